The van der Waals surface area contributed by atoms with Gasteiger partial charge in [0.2, 0.25) is 0 Å². The summed E-state index contributed by atoms with van der Waals surface area (Å²) in [4.78, 5) is 0. The van der Waals surface area contributed by atoms with Crippen molar-refractivity contribution in [1.82, 2.24) is 20.4 Å². The number of anilines is 1. The van der Waals surface area contributed by atoms with Gasteiger partial charge in [0, 0.05) is 22.9 Å². The summed E-state index contributed by atoms with van der Waals surface area (Å²) in [6.45, 7) is 1.88. The van der Waals surface area contributed by atoms with E-state index in [2.05, 4.69) is 20.4 Å². The van der Waals surface area contributed by atoms with Gasteiger partial charge < -0.3 is 10.8 Å². The predicted octanol–water partition coefficient (Wildman–Crippen LogP) is 2.13. The number of aromatic amines is 1. The Morgan fingerprint density at radius 2 is 1.90 bits per heavy atom. The van der Waals surface area contributed by atoms with Crippen molar-refractivity contribution in [2.75, 3.05) is 5.73 Å². The molecule has 2 heterocycles. The molecule has 0 atom stereocenters. The van der Waals surface area contributed by atoms with Crippen molar-refractivity contribution >= 4 is 5.82 Å². The van der Waals surface area contributed by atoms with Crippen molar-refractivity contribution in [3.63, 3.8) is 0 Å². The van der Waals surface area contributed by atoms with Crippen molar-refractivity contribution in [2.24, 2.45) is 0 Å². The van der Waals surface area contributed by atoms with Crippen LogP contribution in [0.15, 0.2) is 36.5 Å². The molecule has 0 aliphatic heterocycles. The van der Waals surface area contributed by atoms with E-state index in [1.54, 1.807) is 30.5 Å². The van der Waals surface area contributed by atoms with E-state index in [0.717, 1.165) is 16.8 Å². The molecule has 0 spiro atoms. The highest BCUT2D eigenvalue weighted by molar-refractivity contribution is 5.79. The average molecular weight is 267 g/mol. The highest BCUT2D eigenvalue weighted by Gasteiger charge is 2.13. The molecule has 2 aromatic heterocycles. The third-order valence-electron chi connectivity index (χ3n) is 3.12. The molecule has 0 aliphatic carbocycles. The van der Waals surface area contributed by atoms with Crippen molar-refractivity contribution in [3.8, 4) is 28.1 Å². The first-order valence-corrected chi connectivity index (χ1v) is 6.09. The van der Waals surface area contributed by atoms with Gasteiger partial charge in [-0.2, -0.15) is 5.10 Å². The number of nitrogens with one attached hydrogen (secondary N) is 1. The van der Waals surface area contributed by atoms with E-state index < -0.39 is 0 Å². The Kier molecular flexibility index (Phi) is 2.83. The molecule has 4 N–H and O–H groups in total. The topological polar surface area (TPSA) is 101 Å². The molecular weight excluding hydrogens is 254 g/mol. The van der Waals surface area contributed by atoms with Gasteiger partial charge in [-0.25, -0.2) is 0 Å². The number of para-hydroxylation sites is 1. The highest BCUT2D eigenvalue weighted by Crippen LogP contribution is 2.32. The van der Waals surface area contributed by atoms with Gasteiger partial charge in [0.05, 0.1) is 11.4 Å². The first kappa shape index (κ1) is 12.2. The van der Waals surface area contributed by atoms with E-state index in [-0.39, 0.29) is 5.75 Å². The fourth-order valence-electron chi connectivity index (χ4n) is 2.07. The quantitative estimate of drug-likeness (QED) is 0.660. The first-order valence-electron chi connectivity index (χ1n) is 6.09. The zero-order valence-corrected chi connectivity index (χ0v) is 10.8. The maximum absolute atomic E-state index is 9.89. The first-order chi connectivity index (χ1) is 9.66. The summed E-state index contributed by atoms with van der Waals surface area (Å²) < 4.78 is 0. The molecule has 0 saturated heterocycles. The molecular formula is C14H13N5O. The number of H-pyrrole nitrogens is 1. The third kappa shape index (κ3) is 1.97. The van der Waals surface area contributed by atoms with Crippen molar-refractivity contribution in [3.05, 3.63) is 42.2 Å². The standard InChI is InChI=1S/C14H13N5O/c1-8-11(7-16-17-8)10-6-12(18-19-14(10)15)9-4-2-3-5-13(9)20/h2-7,20H,1H3,(H2,15,19)(H,16,17). The van der Waals surface area contributed by atoms with Crippen LogP contribution < -0.4 is 5.73 Å². The smallest absolute Gasteiger partial charge is 0.154 e. The van der Waals surface area contributed by atoms with E-state index >= 15 is 0 Å². The Bertz CT molecular complexity index is 766. The molecule has 1 aromatic carbocycles. The second-order valence-electron chi connectivity index (χ2n) is 4.43. The lowest BCUT2D eigenvalue weighted by molar-refractivity contribution is 0.477. The van der Waals surface area contributed by atoms with Gasteiger partial charge in [0.1, 0.15) is 5.75 Å². The Hall–Kier alpha value is -2.89. The minimum absolute atomic E-state index is 0.154. The molecule has 100 valence electrons. The number of aromatic nitrogens is 4. The molecule has 0 unspecified atom stereocenters. The van der Waals surface area contributed by atoms with Crippen molar-refractivity contribution in [2.45, 2.75) is 6.92 Å². The van der Waals surface area contributed by atoms with E-state index in [1.807, 2.05) is 13.0 Å². The highest BCUT2D eigenvalue weighted by atomic mass is 16.3. The number of nitrogen functional groups attached to an aromatic ring is 1. The second-order valence-corrected chi connectivity index (χ2v) is 4.43. The van der Waals surface area contributed by atoms with Crippen LogP contribution in [0.2, 0.25) is 0 Å². The van der Waals surface area contributed by atoms with Crippen molar-refractivity contribution < 1.29 is 5.11 Å². The number of rotatable bonds is 2. The van der Waals surface area contributed by atoms with E-state index in [9.17, 15) is 5.11 Å². The van der Waals surface area contributed by atoms with Crippen molar-refractivity contribution in [1.29, 1.82) is 0 Å². The summed E-state index contributed by atoms with van der Waals surface area (Å²) in [6.07, 6.45) is 1.76. The van der Waals surface area contributed by atoms with Gasteiger partial charge >= 0.3 is 0 Å². The fraction of sp³-hybridized carbons (Fsp3) is 0.0714. The normalized spacial score (nSPS) is 10.7. The van der Waals surface area contributed by atoms with Crippen LogP contribution in [-0.4, -0.2) is 25.5 Å². The maximum atomic E-state index is 9.89. The minimum atomic E-state index is 0.154. The van der Waals surface area contributed by atoms with Crippen LogP contribution in [0.4, 0.5) is 5.82 Å². The molecule has 6 heteroatoms. The number of nitrogens with zero attached hydrogens (tertiary/aromatic N) is 3. The monoisotopic (exact) mass is 267 g/mol. The lowest BCUT2D eigenvalue weighted by Crippen LogP contribution is -1.99. The van der Waals surface area contributed by atoms with E-state index in [4.69, 9.17) is 5.73 Å². The Balaban J connectivity index is 2.17. The van der Waals surface area contributed by atoms with E-state index in [1.165, 1.54) is 0 Å². The second kappa shape index (κ2) is 4.65. The lowest BCUT2D eigenvalue weighted by Gasteiger charge is -2.07. The van der Waals surface area contributed by atoms with Crippen LogP contribution >= 0.6 is 0 Å². The van der Waals surface area contributed by atoms with Crippen LogP contribution in [0.25, 0.3) is 22.4 Å². The van der Waals surface area contributed by atoms with Gasteiger partial charge in [-0.1, -0.05) is 12.1 Å². The summed E-state index contributed by atoms with van der Waals surface area (Å²) in [7, 11) is 0. The number of phenolic OH excluding ortho intramolecular Hbond substituents is 1. The molecule has 0 aliphatic rings. The van der Waals surface area contributed by atoms with Gasteiger partial charge in [0.25, 0.3) is 0 Å². The van der Waals surface area contributed by atoms with Crippen LogP contribution in [0.1, 0.15) is 5.69 Å². The summed E-state index contributed by atoms with van der Waals surface area (Å²) in [5, 5.41) is 24.8. The number of nitrogens with two attached hydrogens (primary N) is 1. The summed E-state index contributed by atoms with van der Waals surface area (Å²) in [5.41, 5.74) is 9.50. The molecule has 0 fully saturated rings. The number of aryl methyl sites for hydroxylation is 1. The van der Waals surface area contributed by atoms with Crippen LogP contribution in [-0.2, 0) is 0 Å². The Labute approximate surface area is 115 Å². The zero-order valence-electron chi connectivity index (χ0n) is 10.8. The molecule has 3 rings (SSSR count). The van der Waals surface area contributed by atoms with E-state index in [0.29, 0.717) is 17.1 Å². The van der Waals surface area contributed by atoms with Crippen LogP contribution in [0.5, 0.6) is 5.75 Å². The SMILES string of the molecule is Cc1n[nH]cc1-c1cc(-c2ccccc2O)nnc1N. The summed E-state index contributed by atoms with van der Waals surface area (Å²) in [6, 6.07) is 8.77. The predicted molar refractivity (Wildman–Crippen MR) is 75.9 cm³/mol. The van der Waals surface area contributed by atoms with Gasteiger partial charge in [-0.3, -0.25) is 5.10 Å². The minimum Gasteiger partial charge on any atom is -0.507 e. The van der Waals surface area contributed by atoms with Gasteiger partial charge in [-0.15, -0.1) is 10.2 Å². The molecule has 0 bridgehead atoms. The largest absolute Gasteiger partial charge is 0.507 e. The number of hydrogen-bond donors (Lipinski definition) is 3. The Morgan fingerprint density at radius 3 is 2.60 bits per heavy atom. The molecule has 3 aromatic rings. The van der Waals surface area contributed by atoms with Crippen LogP contribution in [0.3, 0.4) is 0 Å². The molecule has 0 radical (unpaired) electrons. The van der Waals surface area contributed by atoms with Gasteiger partial charge in [0.15, 0.2) is 5.82 Å². The molecule has 6 nitrogen and oxygen atoms in total. The average Bonchev–Trinajstić information content (AvgIpc) is 2.86. The number of aromatic hydroxyl groups is 1. The lowest BCUT2D eigenvalue weighted by atomic mass is 10.0. The number of hydrogen-bond acceptors (Lipinski definition) is 5. The maximum Gasteiger partial charge on any atom is 0.154 e. The zero-order chi connectivity index (χ0) is 14.1. The molecule has 0 saturated carbocycles. The number of benzene rings is 1. The fourth-order valence-corrected chi connectivity index (χ4v) is 2.07. The summed E-state index contributed by atoms with van der Waals surface area (Å²) >= 11 is 0. The molecule has 0 amide bonds. The number of phenols is 1. The third-order valence-corrected chi connectivity index (χ3v) is 3.12. The van der Waals surface area contributed by atoms with Crippen LogP contribution in [0, 0.1) is 6.92 Å². The summed E-state index contributed by atoms with van der Waals surface area (Å²) in [5.74, 6) is 0.482. The van der Waals surface area contributed by atoms with Gasteiger partial charge in [-0.05, 0) is 25.1 Å². The Morgan fingerprint density at radius 1 is 1.10 bits per heavy atom. The molecule has 20 heavy (non-hydrogen) atoms.